The van der Waals surface area contributed by atoms with Gasteiger partial charge in [-0.2, -0.15) is 0 Å². The molecule has 3 aromatic rings. The topological polar surface area (TPSA) is 90.9 Å². The second-order valence-electron chi connectivity index (χ2n) is 5.64. The molecular weight excluding hydrogens is 452 g/mol. The first-order valence-corrected chi connectivity index (χ1v) is 9.13. The van der Waals surface area contributed by atoms with Gasteiger partial charge in [-0.25, -0.2) is 9.97 Å². The van der Waals surface area contributed by atoms with Crippen molar-refractivity contribution < 1.29 is 9.90 Å². The van der Waals surface area contributed by atoms with Crippen molar-refractivity contribution >= 4 is 37.8 Å². The van der Waals surface area contributed by atoms with Crippen molar-refractivity contribution in [1.82, 2.24) is 20.3 Å². The number of nitrogens with one attached hydrogen (secondary N) is 2. The van der Waals surface area contributed by atoms with Gasteiger partial charge in [-0.3, -0.25) is 4.79 Å². The highest BCUT2D eigenvalue weighted by molar-refractivity contribution is 9.11. The molecule has 126 valence electrons. The van der Waals surface area contributed by atoms with Crippen LogP contribution in [0.3, 0.4) is 0 Å². The highest BCUT2D eigenvalue weighted by Gasteiger charge is 2.20. The Kier molecular flexibility index (Phi) is 4.09. The molecule has 1 aliphatic rings. The molecule has 0 radical (unpaired) electrons. The van der Waals surface area contributed by atoms with Gasteiger partial charge in [0.2, 0.25) is 0 Å². The van der Waals surface area contributed by atoms with E-state index in [0.29, 0.717) is 32.6 Å². The fourth-order valence-corrected chi connectivity index (χ4v) is 3.96. The number of aromatic amines is 1. The first kappa shape index (κ1) is 16.3. The third-order valence-electron chi connectivity index (χ3n) is 4.01. The monoisotopic (exact) mass is 462 g/mol. The summed E-state index contributed by atoms with van der Waals surface area (Å²) in [7, 11) is 0. The maximum atomic E-state index is 11.9. The molecule has 3 N–H and O–H groups in total. The van der Waals surface area contributed by atoms with E-state index < -0.39 is 0 Å². The molecule has 1 aliphatic heterocycles. The number of amides is 1. The maximum Gasteiger partial charge on any atom is 0.253 e. The van der Waals surface area contributed by atoms with Gasteiger partial charge in [0.15, 0.2) is 5.82 Å². The van der Waals surface area contributed by atoms with E-state index in [4.69, 9.17) is 0 Å². The number of rotatable bonds is 2. The summed E-state index contributed by atoms with van der Waals surface area (Å²) in [6, 6.07) is 7.13. The first-order chi connectivity index (χ1) is 12.0. The quantitative estimate of drug-likeness (QED) is 0.540. The molecule has 0 bridgehead atoms. The Bertz CT molecular complexity index is 977. The molecule has 3 heterocycles. The minimum absolute atomic E-state index is 0.0653. The summed E-state index contributed by atoms with van der Waals surface area (Å²) in [6.45, 7) is 0.635. The molecule has 25 heavy (non-hydrogen) atoms. The number of phenols is 1. The number of phenolic OH excluding ortho intramolecular Hbond substituents is 1. The van der Waals surface area contributed by atoms with E-state index in [1.54, 1.807) is 24.4 Å². The van der Waals surface area contributed by atoms with Crippen LogP contribution in [0.4, 0.5) is 0 Å². The van der Waals surface area contributed by atoms with Gasteiger partial charge in [-0.1, -0.05) is 0 Å². The Hall–Kier alpha value is -2.19. The normalized spacial score (nSPS) is 13.4. The zero-order valence-electron chi connectivity index (χ0n) is 12.8. The van der Waals surface area contributed by atoms with Crippen LogP contribution in [0.15, 0.2) is 39.4 Å². The second-order valence-corrected chi connectivity index (χ2v) is 7.34. The van der Waals surface area contributed by atoms with E-state index in [0.717, 1.165) is 23.4 Å². The van der Waals surface area contributed by atoms with Crippen molar-refractivity contribution in [1.29, 1.82) is 0 Å². The molecule has 0 atom stereocenters. The lowest BCUT2D eigenvalue weighted by molar-refractivity contribution is 0.0946. The molecule has 4 rings (SSSR count). The van der Waals surface area contributed by atoms with Gasteiger partial charge < -0.3 is 15.4 Å². The van der Waals surface area contributed by atoms with Crippen LogP contribution in [0.2, 0.25) is 0 Å². The number of hydrogen-bond acceptors (Lipinski definition) is 4. The number of carbonyl (C=O) groups is 1. The second kappa shape index (κ2) is 6.27. The van der Waals surface area contributed by atoms with Gasteiger partial charge in [0.1, 0.15) is 5.75 Å². The Labute approximate surface area is 160 Å². The number of H-pyrrole nitrogens is 1. The molecule has 0 saturated heterocycles. The van der Waals surface area contributed by atoms with Gasteiger partial charge >= 0.3 is 0 Å². The number of carbonyl (C=O) groups excluding carboxylic acids is 1. The molecular formula is C17H12Br2N4O2. The zero-order valence-corrected chi connectivity index (χ0v) is 16.0. The van der Waals surface area contributed by atoms with Crippen molar-refractivity contribution in [3.63, 3.8) is 0 Å². The molecule has 1 amide bonds. The van der Waals surface area contributed by atoms with Crippen LogP contribution in [0.5, 0.6) is 5.75 Å². The largest absolute Gasteiger partial charge is 0.506 e. The first-order valence-electron chi connectivity index (χ1n) is 7.55. The number of nitrogens with zero attached hydrogens (tertiary/aromatic N) is 2. The molecule has 6 nitrogen and oxygen atoms in total. The van der Waals surface area contributed by atoms with Crippen LogP contribution >= 0.6 is 31.9 Å². The fraction of sp³-hybridized carbons (Fsp3) is 0.118. The Morgan fingerprint density at radius 2 is 1.92 bits per heavy atom. The fourth-order valence-electron chi connectivity index (χ4n) is 2.77. The Morgan fingerprint density at radius 3 is 2.64 bits per heavy atom. The third-order valence-corrected chi connectivity index (χ3v) is 5.22. The molecule has 0 saturated carbocycles. The Morgan fingerprint density at radius 1 is 1.16 bits per heavy atom. The predicted octanol–water partition coefficient (Wildman–Crippen LogP) is 3.66. The number of hydrogen-bond donors (Lipinski definition) is 3. The number of aromatic hydroxyl groups is 1. The van der Waals surface area contributed by atoms with Gasteiger partial charge in [0, 0.05) is 30.4 Å². The van der Waals surface area contributed by atoms with E-state index in [-0.39, 0.29) is 11.7 Å². The van der Waals surface area contributed by atoms with Crippen molar-refractivity contribution in [2.24, 2.45) is 0 Å². The Balaban J connectivity index is 1.77. The third kappa shape index (κ3) is 2.96. The summed E-state index contributed by atoms with van der Waals surface area (Å²) >= 11 is 6.63. The predicted molar refractivity (Wildman–Crippen MR) is 100 cm³/mol. The SMILES string of the molecule is O=C1NCCc2[nH]c(-c3ccnc(-c4cc(Br)c(O)c(Br)c4)n3)cc21. The highest BCUT2D eigenvalue weighted by atomic mass is 79.9. The molecule has 2 aromatic heterocycles. The number of fused-ring (bicyclic) bond motifs is 1. The van der Waals surface area contributed by atoms with E-state index in [1.165, 1.54) is 0 Å². The average Bonchev–Trinajstić information content (AvgIpc) is 3.05. The summed E-state index contributed by atoms with van der Waals surface area (Å²) in [5, 5.41) is 12.7. The van der Waals surface area contributed by atoms with Crippen LogP contribution in [-0.4, -0.2) is 32.5 Å². The van der Waals surface area contributed by atoms with Crippen LogP contribution < -0.4 is 5.32 Å². The van der Waals surface area contributed by atoms with Crippen molar-refractivity contribution in [3.05, 3.63) is 50.7 Å². The van der Waals surface area contributed by atoms with Gasteiger partial charge in [0.25, 0.3) is 5.91 Å². The number of aromatic nitrogens is 3. The van der Waals surface area contributed by atoms with Crippen LogP contribution in [0.25, 0.3) is 22.8 Å². The molecule has 1 aromatic carbocycles. The number of benzene rings is 1. The van der Waals surface area contributed by atoms with Crippen LogP contribution in [0.1, 0.15) is 16.1 Å². The van der Waals surface area contributed by atoms with E-state index >= 15 is 0 Å². The van der Waals surface area contributed by atoms with Gasteiger partial charge in [0.05, 0.1) is 25.9 Å². The van der Waals surface area contributed by atoms with Crippen LogP contribution in [0, 0.1) is 0 Å². The van der Waals surface area contributed by atoms with Gasteiger partial charge in [-0.05, 0) is 56.1 Å². The lowest BCUT2D eigenvalue weighted by Crippen LogP contribution is -2.31. The molecule has 0 spiro atoms. The average molecular weight is 464 g/mol. The van der Waals surface area contributed by atoms with Crippen molar-refractivity contribution in [3.8, 4) is 28.5 Å². The summed E-state index contributed by atoms with van der Waals surface area (Å²) < 4.78 is 1.11. The number of halogens is 2. The highest BCUT2D eigenvalue weighted by Crippen LogP contribution is 2.36. The van der Waals surface area contributed by atoms with E-state index in [9.17, 15) is 9.90 Å². The van der Waals surface area contributed by atoms with E-state index in [1.807, 2.05) is 6.07 Å². The van der Waals surface area contributed by atoms with Gasteiger partial charge in [-0.15, -0.1) is 0 Å². The summed E-state index contributed by atoms with van der Waals surface area (Å²) in [5.41, 5.74) is 3.83. The zero-order chi connectivity index (χ0) is 17.6. The standard InChI is InChI=1S/C17H12Br2N4O2/c18-10-5-8(6-11(19)15(10)24)16-20-3-2-13(23-16)14-7-9-12(22-14)1-4-21-17(9)25/h2-3,5-7,22,24H,1,4H2,(H,21,25). The van der Waals surface area contributed by atoms with Crippen LogP contribution in [-0.2, 0) is 6.42 Å². The lowest BCUT2D eigenvalue weighted by atomic mass is 10.1. The van der Waals surface area contributed by atoms with Crippen molar-refractivity contribution in [2.75, 3.05) is 6.54 Å². The summed E-state index contributed by atoms with van der Waals surface area (Å²) in [5.74, 6) is 0.586. The summed E-state index contributed by atoms with van der Waals surface area (Å²) in [6.07, 6.45) is 2.45. The minimum Gasteiger partial charge on any atom is -0.506 e. The molecule has 0 fully saturated rings. The van der Waals surface area contributed by atoms with E-state index in [2.05, 4.69) is 52.1 Å². The maximum absolute atomic E-state index is 11.9. The molecule has 8 heteroatoms. The lowest BCUT2D eigenvalue weighted by Gasteiger charge is -2.10. The smallest absolute Gasteiger partial charge is 0.253 e. The minimum atomic E-state index is -0.0653. The molecule has 0 unspecified atom stereocenters. The molecule has 0 aliphatic carbocycles. The summed E-state index contributed by atoms with van der Waals surface area (Å²) in [4.78, 5) is 24.1. The van der Waals surface area contributed by atoms with Crippen molar-refractivity contribution in [2.45, 2.75) is 6.42 Å².